The first-order valence-electron chi connectivity index (χ1n) is 8.79. The Bertz CT molecular complexity index is 1210. The number of hydrogen-bond acceptors (Lipinski definition) is 7. The van der Waals surface area contributed by atoms with Crippen LogP contribution in [-0.2, 0) is 4.79 Å². The second-order valence-electron chi connectivity index (χ2n) is 6.15. The summed E-state index contributed by atoms with van der Waals surface area (Å²) in [5.41, 5.74) is 1.68. The molecule has 0 aliphatic carbocycles. The van der Waals surface area contributed by atoms with Gasteiger partial charge in [0.1, 0.15) is 11.3 Å². The molecule has 1 amide bonds. The molecule has 0 saturated carbocycles. The lowest BCUT2D eigenvalue weighted by Gasteiger charge is -2.07. The summed E-state index contributed by atoms with van der Waals surface area (Å²) >= 11 is 1.25. The summed E-state index contributed by atoms with van der Waals surface area (Å²) in [5.74, 6) is 0.501. The highest BCUT2D eigenvalue weighted by Crippen LogP contribution is 2.25. The standard InChI is InChI=1S/C21H17N3O4S/c1-27-15-8-6-14(7-9-15)22-11-19(25)24-21-23-17(12-29-21)16-10-13-4-2-3-5-18(13)28-20(16)26/h2-10,12,22H,11H2,1H3,(H,23,24,25). The largest absolute Gasteiger partial charge is 0.497 e. The zero-order valence-electron chi connectivity index (χ0n) is 15.5. The normalized spacial score (nSPS) is 10.7. The first-order chi connectivity index (χ1) is 14.1. The Morgan fingerprint density at radius 1 is 1.17 bits per heavy atom. The summed E-state index contributed by atoms with van der Waals surface area (Å²) in [4.78, 5) is 28.8. The smallest absolute Gasteiger partial charge is 0.345 e. The van der Waals surface area contributed by atoms with Gasteiger partial charge in [0.2, 0.25) is 5.91 Å². The van der Waals surface area contributed by atoms with Crippen LogP contribution in [0.4, 0.5) is 10.8 Å². The van der Waals surface area contributed by atoms with Crippen LogP contribution >= 0.6 is 11.3 Å². The maximum absolute atomic E-state index is 12.3. The maximum Gasteiger partial charge on any atom is 0.345 e. The zero-order valence-corrected chi connectivity index (χ0v) is 16.3. The van der Waals surface area contributed by atoms with Crippen molar-refractivity contribution in [3.05, 3.63) is 70.4 Å². The first kappa shape index (κ1) is 18.7. The van der Waals surface area contributed by atoms with Gasteiger partial charge in [-0.15, -0.1) is 11.3 Å². The molecule has 8 heteroatoms. The summed E-state index contributed by atoms with van der Waals surface area (Å²) in [5, 5.41) is 8.69. The van der Waals surface area contributed by atoms with Crippen LogP contribution < -0.4 is 21.0 Å². The lowest BCUT2D eigenvalue weighted by Crippen LogP contribution is -2.21. The Hall–Kier alpha value is -3.65. The maximum atomic E-state index is 12.3. The van der Waals surface area contributed by atoms with E-state index in [2.05, 4.69) is 15.6 Å². The summed E-state index contributed by atoms with van der Waals surface area (Å²) in [6.07, 6.45) is 0. The van der Waals surface area contributed by atoms with Crippen molar-refractivity contribution in [3.63, 3.8) is 0 Å². The van der Waals surface area contributed by atoms with Crippen molar-refractivity contribution in [2.75, 3.05) is 24.3 Å². The quantitative estimate of drug-likeness (QED) is 0.470. The average molecular weight is 407 g/mol. The van der Waals surface area contributed by atoms with Crippen molar-refractivity contribution in [1.82, 2.24) is 4.98 Å². The highest BCUT2D eigenvalue weighted by atomic mass is 32.1. The molecule has 7 nitrogen and oxygen atoms in total. The lowest BCUT2D eigenvalue weighted by atomic mass is 10.1. The van der Waals surface area contributed by atoms with E-state index < -0.39 is 5.63 Å². The fourth-order valence-corrected chi connectivity index (χ4v) is 3.48. The van der Waals surface area contributed by atoms with E-state index in [9.17, 15) is 9.59 Å². The molecule has 0 atom stereocenters. The van der Waals surface area contributed by atoms with Gasteiger partial charge in [-0.2, -0.15) is 0 Å². The third-order valence-electron chi connectivity index (χ3n) is 4.21. The van der Waals surface area contributed by atoms with E-state index in [0.717, 1.165) is 16.8 Å². The van der Waals surface area contributed by atoms with Crippen LogP contribution in [0.25, 0.3) is 22.2 Å². The number of nitrogens with zero attached hydrogens (tertiary/aromatic N) is 1. The Morgan fingerprint density at radius 3 is 2.76 bits per heavy atom. The Kier molecular flexibility index (Phi) is 5.26. The van der Waals surface area contributed by atoms with Crippen LogP contribution in [0.3, 0.4) is 0 Å². The number of fused-ring (bicyclic) bond motifs is 1. The van der Waals surface area contributed by atoms with Crippen LogP contribution in [0.5, 0.6) is 5.75 Å². The molecule has 146 valence electrons. The monoisotopic (exact) mass is 407 g/mol. The van der Waals surface area contributed by atoms with E-state index in [1.165, 1.54) is 11.3 Å². The molecular formula is C21H17N3O4S. The van der Waals surface area contributed by atoms with E-state index in [4.69, 9.17) is 9.15 Å². The number of methoxy groups -OCH3 is 1. The number of aromatic nitrogens is 1. The van der Waals surface area contributed by atoms with Crippen molar-refractivity contribution in [2.45, 2.75) is 0 Å². The van der Waals surface area contributed by atoms with Crippen LogP contribution in [0, 0.1) is 0 Å². The molecule has 29 heavy (non-hydrogen) atoms. The van der Waals surface area contributed by atoms with Crippen molar-refractivity contribution in [2.24, 2.45) is 0 Å². The van der Waals surface area contributed by atoms with Crippen LogP contribution in [-0.4, -0.2) is 24.5 Å². The van der Waals surface area contributed by atoms with Gasteiger partial charge >= 0.3 is 5.63 Å². The van der Waals surface area contributed by atoms with Gasteiger partial charge in [0, 0.05) is 16.5 Å². The molecule has 0 bridgehead atoms. The fourth-order valence-electron chi connectivity index (χ4n) is 2.75. The second kappa shape index (κ2) is 8.15. The average Bonchev–Trinajstić information content (AvgIpc) is 3.20. The first-order valence-corrected chi connectivity index (χ1v) is 9.67. The molecule has 0 unspecified atom stereocenters. The molecular weight excluding hydrogens is 390 g/mol. The number of rotatable bonds is 6. The van der Waals surface area contributed by atoms with Crippen LogP contribution in [0.15, 0.2) is 69.2 Å². The van der Waals surface area contributed by atoms with Crippen molar-refractivity contribution >= 4 is 39.0 Å². The Balaban J connectivity index is 1.43. The summed E-state index contributed by atoms with van der Waals surface area (Å²) in [6.45, 7) is 0.0827. The molecule has 2 heterocycles. The number of para-hydroxylation sites is 1. The van der Waals surface area contributed by atoms with Gasteiger partial charge in [-0.05, 0) is 36.4 Å². The van der Waals surface area contributed by atoms with Crippen molar-refractivity contribution < 1.29 is 13.9 Å². The summed E-state index contributed by atoms with van der Waals surface area (Å²) < 4.78 is 10.4. The molecule has 0 fully saturated rings. The lowest BCUT2D eigenvalue weighted by molar-refractivity contribution is -0.114. The molecule has 0 spiro atoms. The molecule has 2 aromatic carbocycles. The number of thiazole rings is 1. The van der Waals surface area contributed by atoms with Crippen LogP contribution in [0.2, 0.25) is 0 Å². The molecule has 0 radical (unpaired) electrons. The third kappa shape index (κ3) is 4.27. The summed E-state index contributed by atoms with van der Waals surface area (Å²) in [7, 11) is 1.60. The predicted molar refractivity (Wildman–Crippen MR) is 114 cm³/mol. The fraction of sp³-hybridized carbons (Fsp3) is 0.0952. The van der Waals surface area contributed by atoms with Gasteiger partial charge in [0.25, 0.3) is 0 Å². The highest BCUT2D eigenvalue weighted by molar-refractivity contribution is 7.14. The number of carbonyl (C=O) groups is 1. The number of nitrogens with one attached hydrogen (secondary N) is 2. The topological polar surface area (TPSA) is 93.5 Å². The van der Waals surface area contributed by atoms with E-state index in [-0.39, 0.29) is 12.5 Å². The minimum Gasteiger partial charge on any atom is -0.497 e. The van der Waals surface area contributed by atoms with Crippen LogP contribution in [0.1, 0.15) is 0 Å². The van der Waals surface area contributed by atoms with E-state index in [0.29, 0.717) is 22.0 Å². The molecule has 4 aromatic rings. The number of amides is 1. The zero-order chi connectivity index (χ0) is 20.2. The summed E-state index contributed by atoms with van der Waals surface area (Å²) in [6, 6.07) is 16.3. The Morgan fingerprint density at radius 2 is 1.97 bits per heavy atom. The van der Waals surface area contributed by atoms with Crippen molar-refractivity contribution in [3.8, 4) is 17.0 Å². The molecule has 4 rings (SSSR count). The molecule has 2 aromatic heterocycles. The van der Waals surface area contributed by atoms with E-state index in [1.807, 2.05) is 36.4 Å². The van der Waals surface area contributed by atoms with E-state index >= 15 is 0 Å². The van der Waals surface area contributed by atoms with Gasteiger partial charge < -0.3 is 19.8 Å². The highest BCUT2D eigenvalue weighted by Gasteiger charge is 2.13. The Labute approximate surface area is 170 Å². The number of benzene rings is 2. The van der Waals surface area contributed by atoms with Gasteiger partial charge in [0.15, 0.2) is 5.13 Å². The minimum absolute atomic E-state index is 0.0827. The van der Waals surface area contributed by atoms with Gasteiger partial charge in [-0.1, -0.05) is 18.2 Å². The number of ether oxygens (including phenoxy) is 1. The number of hydrogen-bond donors (Lipinski definition) is 2. The molecule has 0 aliphatic heterocycles. The number of carbonyl (C=O) groups excluding carboxylic acids is 1. The number of anilines is 2. The molecule has 0 aliphatic rings. The second-order valence-corrected chi connectivity index (χ2v) is 7.01. The predicted octanol–water partition coefficient (Wildman–Crippen LogP) is 3.98. The third-order valence-corrected chi connectivity index (χ3v) is 4.97. The van der Waals surface area contributed by atoms with Gasteiger partial charge in [0.05, 0.1) is 24.9 Å². The minimum atomic E-state index is -0.465. The SMILES string of the molecule is COc1ccc(NCC(=O)Nc2nc(-c3cc4ccccc4oc3=O)cs2)cc1. The van der Waals surface area contributed by atoms with Crippen molar-refractivity contribution in [1.29, 1.82) is 0 Å². The van der Waals surface area contributed by atoms with Gasteiger partial charge in [-0.3, -0.25) is 4.79 Å². The van der Waals surface area contributed by atoms with E-state index in [1.54, 1.807) is 30.7 Å². The van der Waals surface area contributed by atoms with Gasteiger partial charge in [-0.25, -0.2) is 9.78 Å². The molecule has 2 N–H and O–H groups in total. The molecule has 0 saturated heterocycles.